The zero-order valence-electron chi connectivity index (χ0n) is 9.45. The number of carbonyl (C=O) groups excluding carboxylic acids is 1. The molecule has 6 heteroatoms. The van der Waals surface area contributed by atoms with Crippen LogP contribution in [0.3, 0.4) is 0 Å². The lowest BCUT2D eigenvalue weighted by molar-refractivity contribution is 0.102. The first-order valence-electron chi connectivity index (χ1n) is 5.22. The Balaban J connectivity index is 2.23. The third kappa shape index (κ3) is 3.24. The Morgan fingerprint density at radius 2 is 2.00 bits per heavy atom. The monoisotopic (exact) mass is 343 g/mol. The SMILES string of the molecule is O=C(Nc1ccc(Cl)c(Br)c1)c1ccc(O)cc1F. The standard InChI is InChI=1S/C13H8BrClFNO2/c14-10-5-7(1-4-11(10)15)17-13(19)9-3-2-8(18)6-12(9)16/h1-6,18H,(H,17,19). The van der Waals surface area contributed by atoms with Gasteiger partial charge < -0.3 is 10.4 Å². The average Bonchev–Trinajstić information content (AvgIpc) is 2.33. The van der Waals surface area contributed by atoms with Crippen molar-refractivity contribution in [2.75, 3.05) is 5.32 Å². The van der Waals surface area contributed by atoms with Gasteiger partial charge in [0.1, 0.15) is 11.6 Å². The fourth-order valence-electron chi connectivity index (χ4n) is 1.46. The number of anilines is 1. The van der Waals surface area contributed by atoms with E-state index in [2.05, 4.69) is 21.2 Å². The van der Waals surface area contributed by atoms with Crippen LogP contribution in [0.4, 0.5) is 10.1 Å². The maximum Gasteiger partial charge on any atom is 0.258 e. The van der Waals surface area contributed by atoms with Gasteiger partial charge in [0.05, 0.1) is 10.6 Å². The topological polar surface area (TPSA) is 49.3 Å². The van der Waals surface area contributed by atoms with E-state index in [1.54, 1.807) is 18.2 Å². The summed E-state index contributed by atoms with van der Waals surface area (Å²) in [4.78, 5) is 11.9. The summed E-state index contributed by atoms with van der Waals surface area (Å²) in [6.45, 7) is 0. The minimum absolute atomic E-state index is 0.149. The third-order valence-corrected chi connectivity index (χ3v) is 3.59. The minimum Gasteiger partial charge on any atom is -0.508 e. The Morgan fingerprint density at radius 3 is 2.63 bits per heavy atom. The molecule has 0 spiro atoms. The smallest absolute Gasteiger partial charge is 0.258 e. The fraction of sp³-hybridized carbons (Fsp3) is 0. The lowest BCUT2D eigenvalue weighted by atomic mass is 10.2. The molecule has 0 heterocycles. The van der Waals surface area contributed by atoms with Crippen LogP contribution >= 0.6 is 27.5 Å². The molecule has 19 heavy (non-hydrogen) atoms. The number of hydrogen-bond donors (Lipinski definition) is 2. The highest BCUT2D eigenvalue weighted by atomic mass is 79.9. The van der Waals surface area contributed by atoms with Crippen molar-refractivity contribution >= 4 is 39.1 Å². The van der Waals surface area contributed by atoms with Crippen LogP contribution in [0.2, 0.25) is 5.02 Å². The first kappa shape index (κ1) is 13.8. The summed E-state index contributed by atoms with van der Waals surface area (Å²) in [5, 5.41) is 12.1. The fourth-order valence-corrected chi connectivity index (χ4v) is 1.96. The predicted octanol–water partition coefficient (Wildman–Crippen LogP) is 4.20. The van der Waals surface area contributed by atoms with Crippen LogP contribution in [0.5, 0.6) is 5.75 Å². The number of amides is 1. The molecular formula is C13H8BrClFNO2. The molecule has 0 aromatic heterocycles. The van der Waals surface area contributed by atoms with Crippen molar-refractivity contribution in [3.8, 4) is 5.75 Å². The second-order valence-corrected chi connectivity index (χ2v) is 5.01. The van der Waals surface area contributed by atoms with E-state index in [1.165, 1.54) is 12.1 Å². The van der Waals surface area contributed by atoms with Crippen molar-refractivity contribution in [1.82, 2.24) is 0 Å². The molecule has 0 saturated carbocycles. The van der Waals surface area contributed by atoms with Crippen molar-refractivity contribution in [2.24, 2.45) is 0 Å². The predicted molar refractivity (Wildman–Crippen MR) is 75.2 cm³/mol. The highest BCUT2D eigenvalue weighted by Crippen LogP contribution is 2.26. The van der Waals surface area contributed by atoms with Gasteiger partial charge in [-0.05, 0) is 46.3 Å². The molecule has 0 bridgehead atoms. The largest absolute Gasteiger partial charge is 0.508 e. The average molecular weight is 345 g/mol. The molecule has 2 aromatic carbocycles. The minimum atomic E-state index is -0.787. The van der Waals surface area contributed by atoms with Gasteiger partial charge in [-0.15, -0.1) is 0 Å². The van der Waals surface area contributed by atoms with Gasteiger partial charge in [-0.3, -0.25) is 4.79 Å². The Morgan fingerprint density at radius 1 is 1.26 bits per heavy atom. The van der Waals surface area contributed by atoms with Gasteiger partial charge in [-0.1, -0.05) is 11.6 Å². The summed E-state index contributed by atoms with van der Waals surface area (Å²) < 4.78 is 14.1. The molecule has 0 aliphatic rings. The Bertz CT molecular complexity index is 649. The van der Waals surface area contributed by atoms with Crippen LogP contribution in [-0.4, -0.2) is 11.0 Å². The second kappa shape index (κ2) is 5.59. The van der Waals surface area contributed by atoms with Crippen molar-refractivity contribution in [1.29, 1.82) is 0 Å². The maximum atomic E-state index is 13.5. The molecule has 2 aromatic rings. The summed E-state index contributed by atoms with van der Waals surface area (Å²) in [6, 6.07) is 8.16. The molecule has 0 unspecified atom stereocenters. The van der Waals surface area contributed by atoms with Crippen LogP contribution in [0.25, 0.3) is 0 Å². The summed E-state index contributed by atoms with van der Waals surface area (Å²) >= 11 is 9.06. The summed E-state index contributed by atoms with van der Waals surface area (Å²) in [6.07, 6.45) is 0. The van der Waals surface area contributed by atoms with Crippen LogP contribution in [-0.2, 0) is 0 Å². The third-order valence-electron chi connectivity index (χ3n) is 2.37. The van der Waals surface area contributed by atoms with E-state index < -0.39 is 11.7 Å². The number of phenolic OH excluding ortho intramolecular Hbond substituents is 1. The molecule has 1 amide bonds. The number of carbonyl (C=O) groups is 1. The van der Waals surface area contributed by atoms with Gasteiger partial charge in [-0.2, -0.15) is 0 Å². The Labute approximate surface area is 122 Å². The zero-order chi connectivity index (χ0) is 14.0. The normalized spacial score (nSPS) is 10.3. The van der Waals surface area contributed by atoms with E-state index in [1.807, 2.05) is 0 Å². The molecule has 0 saturated heterocycles. The highest BCUT2D eigenvalue weighted by Gasteiger charge is 2.12. The van der Waals surface area contributed by atoms with Gasteiger partial charge >= 0.3 is 0 Å². The van der Waals surface area contributed by atoms with Crippen molar-refractivity contribution in [3.05, 3.63) is 57.3 Å². The molecule has 0 radical (unpaired) electrons. The van der Waals surface area contributed by atoms with Gasteiger partial charge in [-0.25, -0.2) is 4.39 Å². The Kier molecular flexibility index (Phi) is 4.07. The number of nitrogens with one attached hydrogen (secondary N) is 1. The van der Waals surface area contributed by atoms with Crippen molar-refractivity contribution in [3.63, 3.8) is 0 Å². The number of benzene rings is 2. The first-order valence-corrected chi connectivity index (χ1v) is 6.39. The number of phenols is 1. The lowest BCUT2D eigenvalue weighted by Gasteiger charge is -2.07. The van der Waals surface area contributed by atoms with Gasteiger partial charge in [0, 0.05) is 16.2 Å². The summed E-state index contributed by atoms with van der Waals surface area (Å²) in [5.74, 6) is -1.62. The van der Waals surface area contributed by atoms with E-state index in [-0.39, 0.29) is 11.3 Å². The molecule has 3 nitrogen and oxygen atoms in total. The van der Waals surface area contributed by atoms with E-state index in [4.69, 9.17) is 16.7 Å². The van der Waals surface area contributed by atoms with E-state index in [0.717, 1.165) is 6.07 Å². The Hall–Kier alpha value is -1.59. The lowest BCUT2D eigenvalue weighted by Crippen LogP contribution is -2.13. The maximum absolute atomic E-state index is 13.5. The van der Waals surface area contributed by atoms with Crippen molar-refractivity contribution < 1.29 is 14.3 Å². The van der Waals surface area contributed by atoms with Crippen LogP contribution in [0.1, 0.15) is 10.4 Å². The van der Waals surface area contributed by atoms with E-state index in [9.17, 15) is 9.18 Å². The zero-order valence-corrected chi connectivity index (χ0v) is 11.8. The van der Waals surface area contributed by atoms with Gasteiger partial charge in [0.2, 0.25) is 0 Å². The molecule has 98 valence electrons. The van der Waals surface area contributed by atoms with E-state index in [0.29, 0.717) is 15.2 Å². The van der Waals surface area contributed by atoms with E-state index >= 15 is 0 Å². The summed E-state index contributed by atoms with van der Waals surface area (Å²) in [7, 11) is 0. The highest BCUT2D eigenvalue weighted by molar-refractivity contribution is 9.10. The second-order valence-electron chi connectivity index (χ2n) is 3.75. The molecule has 0 aliphatic heterocycles. The molecule has 2 N–H and O–H groups in total. The molecule has 2 rings (SSSR count). The number of rotatable bonds is 2. The van der Waals surface area contributed by atoms with Gasteiger partial charge in [0.25, 0.3) is 5.91 Å². The quantitative estimate of drug-likeness (QED) is 0.858. The van der Waals surface area contributed by atoms with Gasteiger partial charge in [0.15, 0.2) is 0 Å². The number of hydrogen-bond acceptors (Lipinski definition) is 2. The molecular weight excluding hydrogens is 337 g/mol. The molecule has 0 fully saturated rings. The molecule has 0 aliphatic carbocycles. The summed E-state index contributed by atoms with van der Waals surface area (Å²) in [5.41, 5.74) is 0.331. The van der Waals surface area contributed by atoms with Crippen LogP contribution in [0, 0.1) is 5.82 Å². The number of halogens is 3. The van der Waals surface area contributed by atoms with Crippen LogP contribution < -0.4 is 5.32 Å². The number of aromatic hydroxyl groups is 1. The van der Waals surface area contributed by atoms with Crippen LogP contribution in [0.15, 0.2) is 40.9 Å². The van der Waals surface area contributed by atoms with Crippen molar-refractivity contribution in [2.45, 2.75) is 0 Å². The first-order chi connectivity index (χ1) is 8.97. The molecule has 0 atom stereocenters.